The van der Waals surface area contributed by atoms with Gasteiger partial charge in [0.2, 0.25) is 11.7 Å². The van der Waals surface area contributed by atoms with E-state index in [0.717, 1.165) is 0 Å². The van der Waals surface area contributed by atoms with E-state index in [-0.39, 0.29) is 23.6 Å². The van der Waals surface area contributed by atoms with Crippen LogP contribution in [0.3, 0.4) is 0 Å². The predicted octanol–water partition coefficient (Wildman–Crippen LogP) is -0.522. The number of hydrogen-bond acceptors (Lipinski definition) is 5. The molecule has 3 N–H and O–H groups in total. The molecule has 8 heteroatoms. The first-order valence-corrected chi connectivity index (χ1v) is 7.26. The summed E-state index contributed by atoms with van der Waals surface area (Å²) in [4.78, 5) is 30.3. The SMILES string of the molecule is CCNC(=O)C1CNCCN1C(=O)c1n[nH]c(C(C)C)n1. The number of nitrogens with zero attached hydrogens (tertiary/aromatic N) is 3. The number of amides is 2. The van der Waals surface area contributed by atoms with E-state index >= 15 is 0 Å². The zero-order valence-corrected chi connectivity index (χ0v) is 12.6. The third-order valence-corrected chi connectivity index (χ3v) is 3.40. The number of aromatic amines is 1. The Hall–Kier alpha value is -1.96. The number of nitrogens with one attached hydrogen (secondary N) is 3. The maximum atomic E-state index is 12.5. The van der Waals surface area contributed by atoms with Gasteiger partial charge in [0.05, 0.1) is 0 Å². The van der Waals surface area contributed by atoms with E-state index in [1.807, 2.05) is 20.8 Å². The van der Waals surface area contributed by atoms with Crippen LogP contribution in [-0.2, 0) is 4.79 Å². The maximum Gasteiger partial charge on any atom is 0.294 e. The predicted molar refractivity (Wildman–Crippen MR) is 76.8 cm³/mol. The Morgan fingerprint density at radius 2 is 2.24 bits per heavy atom. The topological polar surface area (TPSA) is 103 Å². The third kappa shape index (κ3) is 3.38. The monoisotopic (exact) mass is 294 g/mol. The van der Waals surface area contributed by atoms with Gasteiger partial charge in [0.15, 0.2) is 0 Å². The molecule has 0 aromatic carbocycles. The molecular formula is C13H22N6O2. The van der Waals surface area contributed by atoms with Crippen molar-refractivity contribution in [1.82, 2.24) is 30.7 Å². The van der Waals surface area contributed by atoms with Gasteiger partial charge in [-0.15, -0.1) is 5.10 Å². The fourth-order valence-corrected chi connectivity index (χ4v) is 2.23. The van der Waals surface area contributed by atoms with Crippen LogP contribution in [0.4, 0.5) is 0 Å². The fraction of sp³-hybridized carbons (Fsp3) is 0.692. The van der Waals surface area contributed by atoms with E-state index in [1.165, 1.54) is 4.90 Å². The number of likely N-dealkylation sites (N-methyl/N-ethyl adjacent to an activating group) is 1. The molecule has 2 heterocycles. The molecule has 2 amide bonds. The summed E-state index contributed by atoms with van der Waals surface area (Å²) >= 11 is 0. The second-order valence-electron chi connectivity index (χ2n) is 5.31. The lowest BCUT2D eigenvalue weighted by molar-refractivity contribution is -0.126. The molecule has 0 spiro atoms. The molecular weight excluding hydrogens is 272 g/mol. The van der Waals surface area contributed by atoms with Gasteiger partial charge in [0.25, 0.3) is 5.91 Å². The lowest BCUT2D eigenvalue weighted by atomic mass is 10.1. The summed E-state index contributed by atoms with van der Waals surface area (Å²) in [7, 11) is 0. The molecule has 0 saturated carbocycles. The van der Waals surface area contributed by atoms with Crippen LogP contribution in [0.15, 0.2) is 0 Å². The van der Waals surface area contributed by atoms with Crippen molar-refractivity contribution in [2.75, 3.05) is 26.2 Å². The van der Waals surface area contributed by atoms with Gasteiger partial charge in [-0.25, -0.2) is 4.98 Å². The summed E-state index contributed by atoms with van der Waals surface area (Å²) in [5.41, 5.74) is 0. The zero-order valence-electron chi connectivity index (χ0n) is 12.6. The first-order valence-electron chi connectivity index (χ1n) is 7.26. The van der Waals surface area contributed by atoms with Crippen molar-refractivity contribution >= 4 is 11.8 Å². The van der Waals surface area contributed by atoms with Crippen LogP contribution in [0.1, 0.15) is 43.1 Å². The molecule has 8 nitrogen and oxygen atoms in total. The maximum absolute atomic E-state index is 12.5. The normalized spacial score (nSPS) is 18.9. The molecule has 0 aliphatic carbocycles. The summed E-state index contributed by atoms with van der Waals surface area (Å²) in [6, 6.07) is -0.521. The van der Waals surface area contributed by atoms with Gasteiger partial charge in [0, 0.05) is 32.1 Å². The zero-order chi connectivity index (χ0) is 15.4. The Bertz CT molecular complexity index is 513. The van der Waals surface area contributed by atoms with Crippen LogP contribution in [0.2, 0.25) is 0 Å². The summed E-state index contributed by atoms with van der Waals surface area (Å²) in [6.45, 7) is 7.89. The first-order chi connectivity index (χ1) is 10.0. The minimum Gasteiger partial charge on any atom is -0.355 e. The van der Waals surface area contributed by atoms with Gasteiger partial charge in [0.1, 0.15) is 11.9 Å². The Labute approximate surface area is 123 Å². The van der Waals surface area contributed by atoms with Crippen LogP contribution in [-0.4, -0.2) is 64.1 Å². The van der Waals surface area contributed by atoms with Gasteiger partial charge in [-0.1, -0.05) is 13.8 Å². The molecule has 21 heavy (non-hydrogen) atoms. The average molecular weight is 294 g/mol. The number of rotatable bonds is 4. The van der Waals surface area contributed by atoms with E-state index in [2.05, 4.69) is 25.8 Å². The Kier molecular flexibility index (Phi) is 4.89. The smallest absolute Gasteiger partial charge is 0.294 e. The Morgan fingerprint density at radius 1 is 1.48 bits per heavy atom. The van der Waals surface area contributed by atoms with Crippen LogP contribution in [0, 0.1) is 0 Å². The number of carbonyl (C=O) groups excluding carboxylic acids is 2. The van der Waals surface area contributed by atoms with Gasteiger partial charge in [-0.05, 0) is 6.92 Å². The largest absolute Gasteiger partial charge is 0.355 e. The van der Waals surface area contributed by atoms with Crippen molar-refractivity contribution in [2.45, 2.75) is 32.7 Å². The molecule has 1 saturated heterocycles. The Balaban J connectivity index is 2.15. The molecule has 2 rings (SSSR count). The number of piperazine rings is 1. The molecule has 0 radical (unpaired) electrons. The van der Waals surface area contributed by atoms with Gasteiger partial charge in [-0.3, -0.25) is 14.7 Å². The van der Waals surface area contributed by atoms with Crippen molar-refractivity contribution in [3.63, 3.8) is 0 Å². The molecule has 1 aliphatic rings. The van der Waals surface area contributed by atoms with Crippen LogP contribution in [0.5, 0.6) is 0 Å². The molecule has 1 unspecified atom stereocenters. The second-order valence-corrected chi connectivity index (χ2v) is 5.31. The van der Waals surface area contributed by atoms with Gasteiger partial charge in [-0.2, -0.15) is 0 Å². The van der Waals surface area contributed by atoms with E-state index in [4.69, 9.17) is 0 Å². The van der Waals surface area contributed by atoms with Crippen LogP contribution < -0.4 is 10.6 Å². The minimum absolute atomic E-state index is 0.120. The van der Waals surface area contributed by atoms with Crippen LogP contribution >= 0.6 is 0 Å². The third-order valence-electron chi connectivity index (χ3n) is 3.40. The number of H-pyrrole nitrogens is 1. The van der Waals surface area contributed by atoms with Crippen molar-refractivity contribution in [1.29, 1.82) is 0 Å². The second kappa shape index (κ2) is 6.66. The highest BCUT2D eigenvalue weighted by atomic mass is 16.2. The van der Waals surface area contributed by atoms with Crippen LogP contribution in [0.25, 0.3) is 0 Å². The lowest BCUT2D eigenvalue weighted by Gasteiger charge is -2.34. The standard InChI is InChI=1S/C13H22N6O2/c1-4-15-12(20)9-7-14-5-6-19(9)13(21)11-16-10(8(2)3)17-18-11/h8-9,14H,4-7H2,1-3H3,(H,15,20)(H,16,17,18). The molecule has 0 bridgehead atoms. The van der Waals surface area contributed by atoms with E-state index in [1.54, 1.807) is 0 Å². The highest BCUT2D eigenvalue weighted by Gasteiger charge is 2.34. The van der Waals surface area contributed by atoms with Gasteiger partial charge < -0.3 is 15.5 Å². The van der Waals surface area contributed by atoms with Crippen molar-refractivity contribution in [2.24, 2.45) is 0 Å². The summed E-state index contributed by atoms with van der Waals surface area (Å²) in [6.07, 6.45) is 0. The van der Waals surface area contributed by atoms with Crippen molar-refractivity contribution in [3.8, 4) is 0 Å². The van der Waals surface area contributed by atoms with E-state index < -0.39 is 6.04 Å². The first kappa shape index (κ1) is 15.4. The average Bonchev–Trinajstić information content (AvgIpc) is 2.97. The summed E-state index contributed by atoms with van der Waals surface area (Å²) < 4.78 is 0. The van der Waals surface area contributed by atoms with Crippen molar-refractivity contribution < 1.29 is 9.59 Å². The van der Waals surface area contributed by atoms with Crippen molar-refractivity contribution in [3.05, 3.63) is 11.6 Å². The van der Waals surface area contributed by atoms with Gasteiger partial charge >= 0.3 is 0 Å². The number of aromatic nitrogens is 3. The lowest BCUT2D eigenvalue weighted by Crippen LogP contribution is -2.59. The molecule has 116 valence electrons. The Morgan fingerprint density at radius 3 is 2.86 bits per heavy atom. The number of hydrogen-bond donors (Lipinski definition) is 3. The fourth-order valence-electron chi connectivity index (χ4n) is 2.23. The summed E-state index contributed by atoms with van der Waals surface area (Å²) in [5, 5.41) is 12.6. The molecule has 1 aliphatic heterocycles. The molecule has 1 aromatic heterocycles. The quantitative estimate of drug-likeness (QED) is 0.693. The molecule has 1 aromatic rings. The van der Waals surface area contributed by atoms with E-state index in [9.17, 15) is 9.59 Å². The molecule has 1 fully saturated rings. The summed E-state index contributed by atoms with van der Waals surface area (Å²) in [5.74, 6) is 0.493. The molecule has 1 atom stereocenters. The van der Waals surface area contributed by atoms with E-state index in [0.29, 0.717) is 32.0 Å². The highest BCUT2D eigenvalue weighted by molar-refractivity contribution is 5.95. The number of carbonyl (C=O) groups is 2. The minimum atomic E-state index is -0.521. The highest BCUT2D eigenvalue weighted by Crippen LogP contribution is 2.11.